The van der Waals surface area contributed by atoms with E-state index in [0.29, 0.717) is 65.0 Å². The monoisotopic (exact) mass is 553 g/mol. The first kappa shape index (κ1) is 26.3. The first-order chi connectivity index (χ1) is 19.9. The smallest absolute Gasteiger partial charge is 0.261 e. The zero-order valence-corrected chi connectivity index (χ0v) is 22.4. The highest BCUT2D eigenvalue weighted by Crippen LogP contribution is 2.30. The van der Waals surface area contributed by atoms with E-state index in [2.05, 4.69) is 20.4 Å². The van der Waals surface area contributed by atoms with Gasteiger partial charge in [0.2, 0.25) is 5.43 Å². The van der Waals surface area contributed by atoms with Gasteiger partial charge >= 0.3 is 0 Å². The van der Waals surface area contributed by atoms with Gasteiger partial charge in [0.05, 0.1) is 5.39 Å². The maximum absolute atomic E-state index is 13.6. The fraction of sp³-hybridized carbons (Fsp3) is 0.233. The number of nitrogens with one attached hydrogen (secondary N) is 1. The van der Waals surface area contributed by atoms with E-state index in [9.17, 15) is 14.0 Å². The van der Waals surface area contributed by atoms with E-state index in [-0.39, 0.29) is 5.56 Å². The molecular formula is C30H28FN7O3. The van der Waals surface area contributed by atoms with E-state index in [1.807, 2.05) is 16.7 Å². The van der Waals surface area contributed by atoms with Crippen molar-refractivity contribution in [2.24, 2.45) is 13.0 Å². The van der Waals surface area contributed by atoms with Crippen molar-refractivity contribution < 1.29 is 13.9 Å². The molecule has 1 saturated heterocycles. The molecule has 0 radical (unpaired) electrons. The molecule has 3 N–H and O–H groups in total. The molecule has 0 atom stereocenters. The number of aromatic nitrogens is 5. The molecule has 1 aliphatic heterocycles. The van der Waals surface area contributed by atoms with E-state index >= 15 is 0 Å². The van der Waals surface area contributed by atoms with Crippen LogP contribution in [0, 0.1) is 11.7 Å². The topological polar surface area (TPSA) is 130 Å². The van der Waals surface area contributed by atoms with Crippen molar-refractivity contribution in [1.29, 1.82) is 0 Å². The summed E-state index contributed by atoms with van der Waals surface area (Å²) in [5.41, 5.74) is 9.07. The maximum atomic E-state index is 13.6. The molecule has 5 aromatic rings. The van der Waals surface area contributed by atoms with Gasteiger partial charge in [-0.15, -0.1) is 0 Å². The number of aryl methyl sites for hydroxylation is 1. The Hall–Kier alpha value is -4.90. The molecule has 0 unspecified atom stereocenters. The van der Waals surface area contributed by atoms with Crippen LogP contribution in [0.15, 0.2) is 72.0 Å². The Kier molecular flexibility index (Phi) is 7.02. The van der Waals surface area contributed by atoms with E-state index in [0.717, 1.165) is 18.4 Å². The van der Waals surface area contributed by atoms with Crippen molar-refractivity contribution in [2.75, 3.05) is 24.3 Å². The van der Waals surface area contributed by atoms with Crippen molar-refractivity contribution in [3.05, 3.63) is 88.9 Å². The van der Waals surface area contributed by atoms with Crippen LogP contribution in [-0.2, 0) is 18.3 Å². The van der Waals surface area contributed by atoms with Gasteiger partial charge in [0.1, 0.15) is 29.2 Å². The summed E-state index contributed by atoms with van der Waals surface area (Å²) in [4.78, 5) is 35.3. The van der Waals surface area contributed by atoms with Crippen LogP contribution in [0.5, 0.6) is 0 Å². The Balaban J connectivity index is 1.30. The highest BCUT2D eigenvalue weighted by atomic mass is 19.1. The lowest BCUT2D eigenvalue weighted by Gasteiger charge is -2.23. The van der Waals surface area contributed by atoms with Gasteiger partial charge in [0, 0.05) is 56.0 Å². The number of halogens is 1. The van der Waals surface area contributed by atoms with E-state index in [4.69, 9.17) is 10.5 Å². The Morgan fingerprint density at radius 2 is 1.76 bits per heavy atom. The van der Waals surface area contributed by atoms with Gasteiger partial charge in [-0.05, 0) is 48.6 Å². The molecule has 11 heteroatoms. The van der Waals surface area contributed by atoms with Crippen LogP contribution < -0.4 is 16.5 Å². The van der Waals surface area contributed by atoms with Gasteiger partial charge in [0.25, 0.3) is 5.91 Å². The summed E-state index contributed by atoms with van der Waals surface area (Å²) >= 11 is 0. The number of anilines is 2. The molecule has 3 aromatic heterocycles. The summed E-state index contributed by atoms with van der Waals surface area (Å²) in [6.07, 6.45) is 6.52. The van der Waals surface area contributed by atoms with Crippen LogP contribution in [0.3, 0.4) is 0 Å². The molecule has 4 heterocycles. The Labute approximate surface area is 234 Å². The van der Waals surface area contributed by atoms with Gasteiger partial charge in [-0.2, -0.15) is 5.10 Å². The number of carbonyl (C=O) groups is 1. The van der Waals surface area contributed by atoms with Crippen molar-refractivity contribution in [3.8, 4) is 22.4 Å². The lowest BCUT2D eigenvalue weighted by atomic mass is 9.99. The number of fused-ring (bicyclic) bond motifs is 1. The number of nitrogen functional groups attached to an aromatic ring is 1. The number of pyridine rings is 1. The summed E-state index contributed by atoms with van der Waals surface area (Å²) < 4.78 is 22.6. The number of carbonyl (C=O) groups excluding carboxylic acids is 1. The van der Waals surface area contributed by atoms with Crippen LogP contribution in [-0.4, -0.2) is 43.4 Å². The number of nitrogens with zero attached hydrogens (tertiary/aromatic N) is 5. The number of nitrogens with two attached hydrogens (primary N) is 1. The van der Waals surface area contributed by atoms with Crippen LogP contribution in [0.1, 0.15) is 23.2 Å². The third kappa shape index (κ3) is 5.31. The lowest BCUT2D eigenvalue weighted by molar-refractivity contribution is 0.0612. The van der Waals surface area contributed by atoms with Gasteiger partial charge < -0.3 is 20.4 Å². The van der Waals surface area contributed by atoms with Crippen LogP contribution in [0.25, 0.3) is 33.4 Å². The number of benzene rings is 2. The second kappa shape index (κ2) is 10.9. The number of ether oxygens (including phenoxy) is 1. The summed E-state index contributed by atoms with van der Waals surface area (Å²) in [5.74, 6) is -0.248. The van der Waals surface area contributed by atoms with E-state index in [1.54, 1.807) is 48.4 Å². The van der Waals surface area contributed by atoms with E-state index in [1.165, 1.54) is 18.5 Å². The maximum Gasteiger partial charge on any atom is 0.261 e. The molecule has 1 fully saturated rings. The first-order valence-electron chi connectivity index (χ1n) is 13.3. The van der Waals surface area contributed by atoms with Crippen LogP contribution in [0.2, 0.25) is 0 Å². The standard InChI is InChI=1S/C30H28FN7O3/c1-37-29-25(28(32)33-17-34-29)26(36-37)20-4-8-22(9-5-20)35-30(40)24-16-38(14-18-10-12-41-13-11-18)15-23(27(24)39)19-2-6-21(31)7-3-19/h2-9,15-18H,10-14H2,1H3,(H,35,40)(H2,32,33,34). The molecule has 2 aromatic carbocycles. The van der Waals surface area contributed by atoms with Gasteiger partial charge in [-0.1, -0.05) is 24.3 Å². The van der Waals surface area contributed by atoms with Crippen molar-refractivity contribution >= 4 is 28.4 Å². The zero-order chi connectivity index (χ0) is 28.5. The average Bonchev–Trinajstić information content (AvgIpc) is 3.32. The molecule has 0 bridgehead atoms. The molecule has 0 saturated carbocycles. The zero-order valence-electron chi connectivity index (χ0n) is 22.4. The van der Waals surface area contributed by atoms with Gasteiger partial charge in [-0.3, -0.25) is 9.59 Å². The highest BCUT2D eigenvalue weighted by molar-refractivity contribution is 6.05. The average molecular weight is 554 g/mol. The predicted octanol–water partition coefficient (Wildman–Crippen LogP) is 4.26. The van der Waals surface area contributed by atoms with Crippen molar-refractivity contribution in [3.63, 3.8) is 0 Å². The summed E-state index contributed by atoms with van der Waals surface area (Å²) in [6, 6.07) is 12.8. The second-order valence-electron chi connectivity index (χ2n) is 10.1. The molecule has 41 heavy (non-hydrogen) atoms. The van der Waals surface area contributed by atoms with Gasteiger partial charge in [0.15, 0.2) is 5.65 Å². The lowest BCUT2D eigenvalue weighted by Crippen LogP contribution is -2.26. The highest BCUT2D eigenvalue weighted by Gasteiger charge is 2.20. The van der Waals surface area contributed by atoms with Crippen LogP contribution in [0.4, 0.5) is 15.9 Å². The molecular weight excluding hydrogens is 525 g/mol. The predicted molar refractivity (Wildman–Crippen MR) is 154 cm³/mol. The Morgan fingerprint density at radius 3 is 2.49 bits per heavy atom. The second-order valence-corrected chi connectivity index (χ2v) is 10.1. The van der Waals surface area contributed by atoms with E-state index < -0.39 is 17.2 Å². The largest absolute Gasteiger partial charge is 0.383 e. The van der Waals surface area contributed by atoms with Crippen LogP contribution >= 0.6 is 0 Å². The third-order valence-electron chi connectivity index (χ3n) is 7.35. The SMILES string of the molecule is Cn1nc(-c2ccc(NC(=O)c3cn(CC4CCOCC4)cc(-c4ccc(F)cc4)c3=O)cc2)c2c(N)ncnc21. The third-order valence-corrected chi connectivity index (χ3v) is 7.35. The summed E-state index contributed by atoms with van der Waals surface area (Å²) in [5, 5.41) is 8.03. The fourth-order valence-electron chi connectivity index (χ4n) is 5.18. The molecule has 0 spiro atoms. The normalized spacial score (nSPS) is 13.9. The van der Waals surface area contributed by atoms with Crippen molar-refractivity contribution in [2.45, 2.75) is 19.4 Å². The molecule has 1 amide bonds. The first-order valence-corrected chi connectivity index (χ1v) is 13.3. The molecule has 1 aliphatic rings. The van der Waals surface area contributed by atoms with Crippen molar-refractivity contribution in [1.82, 2.24) is 24.3 Å². The molecule has 6 rings (SSSR count). The quantitative estimate of drug-likeness (QED) is 0.321. The minimum absolute atomic E-state index is 0.00334. The Morgan fingerprint density at radius 1 is 1.05 bits per heavy atom. The summed E-state index contributed by atoms with van der Waals surface area (Å²) in [7, 11) is 1.78. The number of hydrogen-bond donors (Lipinski definition) is 2. The molecule has 10 nitrogen and oxygen atoms in total. The minimum Gasteiger partial charge on any atom is -0.383 e. The fourth-order valence-corrected chi connectivity index (χ4v) is 5.18. The molecule has 0 aliphatic carbocycles. The summed E-state index contributed by atoms with van der Waals surface area (Å²) in [6.45, 7) is 2.01. The minimum atomic E-state index is -0.534. The molecule has 208 valence electrons. The Bertz CT molecular complexity index is 1790. The van der Waals surface area contributed by atoms with Gasteiger partial charge in [-0.25, -0.2) is 19.0 Å². The number of hydrogen-bond acceptors (Lipinski definition) is 7. The number of rotatable bonds is 6. The number of amides is 1.